The zero-order chi connectivity index (χ0) is 18.2. The first-order valence-electron chi connectivity index (χ1n) is 9.15. The fraction of sp³-hybridized carbons (Fsp3) is 0.600. The number of rotatable bonds is 7. The van der Waals surface area contributed by atoms with Gasteiger partial charge < -0.3 is 14.4 Å². The van der Waals surface area contributed by atoms with Crippen LogP contribution in [0.4, 0.5) is 0 Å². The molecule has 0 heterocycles. The van der Waals surface area contributed by atoms with Crippen molar-refractivity contribution in [3.05, 3.63) is 29.3 Å². The molecule has 0 aromatic heterocycles. The average molecular weight is 347 g/mol. The van der Waals surface area contributed by atoms with Crippen molar-refractivity contribution >= 4 is 11.9 Å². The number of hydrogen-bond donors (Lipinski definition) is 0. The van der Waals surface area contributed by atoms with Gasteiger partial charge in [-0.2, -0.15) is 0 Å². The van der Waals surface area contributed by atoms with E-state index in [0.717, 1.165) is 24.8 Å². The Morgan fingerprint density at radius 3 is 2.48 bits per heavy atom. The quantitative estimate of drug-likeness (QED) is 0.701. The third-order valence-electron chi connectivity index (χ3n) is 4.84. The molecular formula is C20H29NO4. The van der Waals surface area contributed by atoms with Gasteiger partial charge in [-0.15, -0.1) is 0 Å². The van der Waals surface area contributed by atoms with Crippen LogP contribution in [0, 0.1) is 0 Å². The highest BCUT2D eigenvalue weighted by molar-refractivity contribution is 5.89. The Morgan fingerprint density at radius 2 is 1.88 bits per heavy atom. The Bertz CT molecular complexity index is 593. The number of ether oxygens (including phenoxy) is 2. The lowest BCUT2D eigenvalue weighted by atomic mass is 9.93. The Labute approximate surface area is 150 Å². The number of hydrogen-bond acceptors (Lipinski definition) is 4. The van der Waals surface area contributed by atoms with Gasteiger partial charge in [-0.25, -0.2) is 4.79 Å². The Kier molecular flexibility index (Phi) is 7.29. The van der Waals surface area contributed by atoms with Gasteiger partial charge in [0, 0.05) is 24.6 Å². The third kappa shape index (κ3) is 4.97. The lowest BCUT2D eigenvalue weighted by Crippen LogP contribution is -2.40. The molecule has 1 amide bonds. The van der Waals surface area contributed by atoms with Crippen molar-refractivity contribution in [1.82, 2.24) is 4.90 Å². The molecule has 0 radical (unpaired) electrons. The number of methoxy groups -OCH3 is 2. The molecule has 0 unspecified atom stereocenters. The van der Waals surface area contributed by atoms with E-state index in [1.807, 2.05) is 11.8 Å². The molecule has 0 spiro atoms. The van der Waals surface area contributed by atoms with E-state index in [-0.39, 0.29) is 17.9 Å². The van der Waals surface area contributed by atoms with Crippen LogP contribution >= 0.6 is 0 Å². The second-order valence-electron chi connectivity index (χ2n) is 6.58. The minimum Gasteiger partial charge on any atom is -0.496 e. The maximum atomic E-state index is 12.7. The summed E-state index contributed by atoms with van der Waals surface area (Å²) in [6.45, 7) is 2.49. The molecular weight excluding hydrogens is 318 g/mol. The van der Waals surface area contributed by atoms with E-state index in [9.17, 15) is 9.59 Å². The zero-order valence-corrected chi connectivity index (χ0v) is 15.5. The first-order valence-corrected chi connectivity index (χ1v) is 9.15. The summed E-state index contributed by atoms with van der Waals surface area (Å²) in [5.41, 5.74) is 1.32. The highest BCUT2D eigenvalue weighted by Gasteiger charge is 2.26. The molecule has 1 aliphatic rings. The minimum atomic E-state index is -0.381. The van der Waals surface area contributed by atoms with Crippen LogP contribution in [0.5, 0.6) is 5.75 Å². The van der Waals surface area contributed by atoms with Crippen molar-refractivity contribution in [3.8, 4) is 5.75 Å². The van der Waals surface area contributed by atoms with E-state index in [2.05, 4.69) is 0 Å². The van der Waals surface area contributed by atoms with Gasteiger partial charge in [0.15, 0.2) is 0 Å². The van der Waals surface area contributed by atoms with Crippen molar-refractivity contribution in [2.45, 2.75) is 64.5 Å². The van der Waals surface area contributed by atoms with Gasteiger partial charge in [0.25, 0.3) is 0 Å². The van der Waals surface area contributed by atoms with Crippen molar-refractivity contribution in [1.29, 1.82) is 0 Å². The van der Waals surface area contributed by atoms with Crippen LogP contribution in [0.2, 0.25) is 0 Å². The van der Waals surface area contributed by atoms with E-state index in [1.54, 1.807) is 25.3 Å². The number of esters is 1. The molecule has 5 nitrogen and oxygen atoms in total. The average Bonchev–Trinajstić information content (AvgIpc) is 2.66. The number of nitrogens with zero attached hydrogens (tertiary/aromatic N) is 1. The van der Waals surface area contributed by atoms with Crippen LogP contribution in [0.3, 0.4) is 0 Å². The monoisotopic (exact) mass is 347 g/mol. The number of amides is 1. The highest BCUT2D eigenvalue weighted by atomic mass is 16.5. The van der Waals surface area contributed by atoms with Gasteiger partial charge in [0.2, 0.25) is 5.91 Å². The van der Waals surface area contributed by atoms with E-state index in [4.69, 9.17) is 9.47 Å². The third-order valence-corrected chi connectivity index (χ3v) is 4.84. The van der Waals surface area contributed by atoms with E-state index < -0.39 is 0 Å². The lowest BCUT2D eigenvalue weighted by molar-refractivity contribution is -0.135. The molecule has 25 heavy (non-hydrogen) atoms. The number of carbonyl (C=O) groups excluding carboxylic acids is 2. The van der Waals surface area contributed by atoms with E-state index in [0.29, 0.717) is 24.3 Å². The van der Waals surface area contributed by atoms with Crippen molar-refractivity contribution in [3.63, 3.8) is 0 Å². The summed E-state index contributed by atoms with van der Waals surface area (Å²) in [4.78, 5) is 26.5. The molecule has 5 heteroatoms. The van der Waals surface area contributed by atoms with Crippen molar-refractivity contribution in [2.75, 3.05) is 14.2 Å². The Morgan fingerprint density at radius 1 is 1.16 bits per heavy atom. The van der Waals surface area contributed by atoms with Gasteiger partial charge in [0.05, 0.1) is 19.8 Å². The van der Waals surface area contributed by atoms with Crippen LogP contribution in [0.15, 0.2) is 18.2 Å². The summed E-state index contributed by atoms with van der Waals surface area (Å²) in [6, 6.07) is 5.51. The summed E-state index contributed by atoms with van der Waals surface area (Å²) >= 11 is 0. The van der Waals surface area contributed by atoms with Crippen LogP contribution in [0.25, 0.3) is 0 Å². The predicted octanol–water partition coefficient (Wildman–Crippen LogP) is 3.94. The summed E-state index contributed by atoms with van der Waals surface area (Å²) in [5, 5.41) is 0. The van der Waals surface area contributed by atoms with Gasteiger partial charge in [0.1, 0.15) is 5.75 Å². The molecule has 2 rings (SSSR count). The van der Waals surface area contributed by atoms with Gasteiger partial charge in [-0.3, -0.25) is 4.79 Å². The molecule has 138 valence electrons. The molecule has 0 aliphatic heterocycles. The van der Waals surface area contributed by atoms with Crippen LogP contribution in [0.1, 0.15) is 67.8 Å². The minimum absolute atomic E-state index is 0.180. The summed E-state index contributed by atoms with van der Waals surface area (Å²) in [7, 11) is 2.97. The topological polar surface area (TPSA) is 55.8 Å². The van der Waals surface area contributed by atoms with Crippen LogP contribution in [-0.2, 0) is 16.1 Å². The maximum absolute atomic E-state index is 12.7. The number of benzene rings is 1. The zero-order valence-electron chi connectivity index (χ0n) is 15.5. The first-order chi connectivity index (χ1) is 12.1. The van der Waals surface area contributed by atoms with Crippen LogP contribution in [-0.4, -0.2) is 37.0 Å². The van der Waals surface area contributed by atoms with Crippen LogP contribution < -0.4 is 4.74 Å². The van der Waals surface area contributed by atoms with Gasteiger partial charge in [-0.05, 0) is 37.5 Å². The smallest absolute Gasteiger partial charge is 0.337 e. The Hall–Kier alpha value is -2.04. The molecule has 1 aromatic rings. The highest BCUT2D eigenvalue weighted by Crippen LogP contribution is 2.28. The van der Waals surface area contributed by atoms with E-state index >= 15 is 0 Å². The molecule has 0 saturated heterocycles. The molecule has 0 atom stereocenters. The normalized spacial score (nSPS) is 14.8. The molecule has 1 aromatic carbocycles. The predicted molar refractivity (Wildman–Crippen MR) is 96.7 cm³/mol. The summed E-state index contributed by atoms with van der Waals surface area (Å²) < 4.78 is 10.3. The largest absolute Gasteiger partial charge is 0.496 e. The molecule has 0 N–H and O–H groups in total. The summed E-state index contributed by atoms with van der Waals surface area (Å²) in [6.07, 6.45) is 7.06. The maximum Gasteiger partial charge on any atom is 0.337 e. The standard InChI is InChI=1S/C20H29NO4/c1-4-8-19(22)21(17-9-6-5-7-10-17)14-16-13-15(20(23)25-3)11-12-18(16)24-2/h11-13,17H,4-10,14H2,1-3H3. The van der Waals surface area contributed by atoms with E-state index in [1.165, 1.54) is 26.4 Å². The molecule has 1 aliphatic carbocycles. The molecule has 0 bridgehead atoms. The fourth-order valence-corrected chi connectivity index (χ4v) is 3.50. The van der Waals surface area contributed by atoms with Crippen molar-refractivity contribution < 1.29 is 19.1 Å². The summed E-state index contributed by atoms with van der Waals surface area (Å²) in [5.74, 6) is 0.491. The van der Waals surface area contributed by atoms with Gasteiger partial charge >= 0.3 is 5.97 Å². The Balaban J connectivity index is 2.29. The number of carbonyl (C=O) groups is 2. The second-order valence-corrected chi connectivity index (χ2v) is 6.58. The SMILES string of the molecule is CCCC(=O)N(Cc1cc(C(=O)OC)ccc1OC)C1CCCCC1. The fourth-order valence-electron chi connectivity index (χ4n) is 3.50. The molecule has 1 saturated carbocycles. The first kappa shape index (κ1) is 19.3. The van der Waals surface area contributed by atoms with Gasteiger partial charge in [-0.1, -0.05) is 26.2 Å². The second kappa shape index (κ2) is 9.44. The molecule has 1 fully saturated rings. The lowest BCUT2D eigenvalue weighted by Gasteiger charge is -2.35. The van der Waals surface area contributed by atoms with Crippen molar-refractivity contribution in [2.24, 2.45) is 0 Å².